The van der Waals surface area contributed by atoms with Gasteiger partial charge in [-0.3, -0.25) is 4.79 Å². The van der Waals surface area contributed by atoms with Crippen LogP contribution in [-0.4, -0.2) is 36.3 Å². The van der Waals surface area contributed by atoms with Crippen LogP contribution in [0.3, 0.4) is 0 Å². The Hall–Kier alpha value is -2.65. The van der Waals surface area contributed by atoms with E-state index in [9.17, 15) is 13.6 Å². The van der Waals surface area contributed by atoms with E-state index in [0.29, 0.717) is 48.8 Å². The van der Waals surface area contributed by atoms with Gasteiger partial charge in [-0.2, -0.15) is 0 Å². The highest BCUT2D eigenvalue weighted by molar-refractivity contribution is 5.73. The zero-order chi connectivity index (χ0) is 20.4. The van der Waals surface area contributed by atoms with Gasteiger partial charge >= 0.3 is 5.97 Å². The predicted octanol–water partition coefficient (Wildman–Crippen LogP) is 2.89. The molecular formula is C20H21F2N3O4. The maximum absolute atomic E-state index is 14.0. The monoisotopic (exact) mass is 405 g/mol. The third-order valence-electron chi connectivity index (χ3n) is 5.17. The van der Waals surface area contributed by atoms with Crippen molar-refractivity contribution in [1.82, 2.24) is 9.97 Å². The van der Waals surface area contributed by atoms with Crippen LogP contribution in [0.2, 0.25) is 0 Å². The number of esters is 1. The zero-order valence-electron chi connectivity index (χ0n) is 15.9. The van der Waals surface area contributed by atoms with Gasteiger partial charge in [-0.25, -0.2) is 18.7 Å². The standard InChI is InChI=1S/C20H21F2N3O4/c1-27-16(26)9-15-17(19-28-7-8-29-19)18(25-11-24-15)23-10-12-3-2-4-14-13(12)5-6-20(14,21)22/h2-4,11,19H,5-10H2,1H3,(H,23,24,25). The summed E-state index contributed by atoms with van der Waals surface area (Å²) in [5, 5.41) is 3.19. The van der Waals surface area contributed by atoms with E-state index in [2.05, 4.69) is 15.3 Å². The Morgan fingerprint density at radius 3 is 2.86 bits per heavy atom. The topological polar surface area (TPSA) is 82.6 Å². The molecule has 7 nitrogen and oxygen atoms in total. The average Bonchev–Trinajstić information content (AvgIpc) is 3.35. The highest BCUT2D eigenvalue weighted by Crippen LogP contribution is 2.43. The Labute approximate surface area is 166 Å². The molecule has 2 aromatic rings. The fraction of sp³-hybridized carbons (Fsp3) is 0.450. The third kappa shape index (κ3) is 3.92. The van der Waals surface area contributed by atoms with Crippen LogP contribution in [0.15, 0.2) is 24.5 Å². The number of hydrogen-bond acceptors (Lipinski definition) is 7. The minimum atomic E-state index is -2.79. The van der Waals surface area contributed by atoms with E-state index < -0.39 is 18.2 Å². The number of rotatable bonds is 6. The molecule has 0 atom stereocenters. The van der Waals surface area contributed by atoms with Crippen molar-refractivity contribution in [3.63, 3.8) is 0 Å². The second-order valence-corrected chi connectivity index (χ2v) is 6.91. The predicted molar refractivity (Wildman–Crippen MR) is 98.4 cm³/mol. The molecule has 2 aliphatic rings. The zero-order valence-corrected chi connectivity index (χ0v) is 15.9. The highest BCUT2D eigenvalue weighted by Gasteiger charge is 2.39. The number of aromatic nitrogens is 2. The van der Waals surface area contributed by atoms with Crippen molar-refractivity contribution in [3.05, 3.63) is 52.5 Å². The molecule has 4 rings (SSSR count). The number of methoxy groups -OCH3 is 1. The molecule has 1 aromatic carbocycles. The number of carbonyl (C=O) groups is 1. The van der Waals surface area contributed by atoms with E-state index in [-0.39, 0.29) is 18.4 Å². The molecule has 9 heteroatoms. The number of alkyl halides is 2. The van der Waals surface area contributed by atoms with E-state index in [1.165, 1.54) is 19.5 Å². The number of benzene rings is 1. The molecule has 0 unspecified atom stereocenters. The fourth-order valence-corrected chi connectivity index (χ4v) is 3.73. The Balaban J connectivity index is 1.62. The third-order valence-corrected chi connectivity index (χ3v) is 5.17. The number of nitrogens with zero attached hydrogens (tertiary/aromatic N) is 2. The van der Waals surface area contributed by atoms with Crippen LogP contribution in [0.5, 0.6) is 0 Å². The highest BCUT2D eigenvalue weighted by atomic mass is 19.3. The van der Waals surface area contributed by atoms with Gasteiger partial charge in [0.25, 0.3) is 5.92 Å². The Kier molecular flexibility index (Phi) is 5.42. The Morgan fingerprint density at radius 2 is 2.10 bits per heavy atom. The minimum Gasteiger partial charge on any atom is -0.469 e. The summed E-state index contributed by atoms with van der Waals surface area (Å²) in [5.41, 5.74) is 2.50. The summed E-state index contributed by atoms with van der Waals surface area (Å²) in [4.78, 5) is 20.2. The molecular weight excluding hydrogens is 384 g/mol. The lowest BCUT2D eigenvalue weighted by Gasteiger charge is -2.18. The first-order valence-electron chi connectivity index (χ1n) is 9.36. The van der Waals surface area contributed by atoms with E-state index in [1.807, 2.05) is 6.07 Å². The normalized spacial score (nSPS) is 17.9. The average molecular weight is 405 g/mol. The summed E-state index contributed by atoms with van der Waals surface area (Å²) in [7, 11) is 1.30. The molecule has 0 amide bonds. The molecule has 0 bridgehead atoms. The second-order valence-electron chi connectivity index (χ2n) is 6.91. The van der Waals surface area contributed by atoms with Gasteiger partial charge in [-0.15, -0.1) is 0 Å². The molecule has 0 saturated carbocycles. The number of fused-ring (bicyclic) bond motifs is 1. The second kappa shape index (κ2) is 8.00. The molecule has 29 heavy (non-hydrogen) atoms. The van der Waals surface area contributed by atoms with Gasteiger partial charge in [0.15, 0.2) is 6.29 Å². The quantitative estimate of drug-likeness (QED) is 0.740. The van der Waals surface area contributed by atoms with Crippen molar-refractivity contribution in [1.29, 1.82) is 0 Å². The van der Waals surface area contributed by atoms with Gasteiger partial charge in [-0.05, 0) is 17.5 Å². The summed E-state index contributed by atoms with van der Waals surface area (Å²) in [6.07, 6.45) is 0.732. The lowest BCUT2D eigenvalue weighted by molar-refractivity contribution is -0.139. The Morgan fingerprint density at radius 1 is 1.31 bits per heavy atom. The van der Waals surface area contributed by atoms with E-state index in [4.69, 9.17) is 14.2 Å². The maximum atomic E-state index is 14.0. The number of halogens is 2. The van der Waals surface area contributed by atoms with Crippen molar-refractivity contribution in [2.24, 2.45) is 0 Å². The Bertz CT molecular complexity index is 917. The van der Waals surface area contributed by atoms with Crippen LogP contribution in [0, 0.1) is 0 Å². The van der Waals surface area contributed by atoms with Crippen LogP contribution < -0.4 is 5.32 Å². The molecule has 154 valence electrons. The summed E-state index contributed by atoms with van der Waals surface area (Å²) in [6.45, 7) is 1.13. The van der Waals surface area contributed by atoms with Gasteiger partial charge in [-0.1, -0.05) is 18.2 Å². The van der Waals surface area contributed by atoms with Crippen LogP contribution in [-0.2, 0) is 44.3 Å². The molecule has 1 aromatic heterocycles. The molecule has 2 heterocycles. The van der Waals surface area contributed by atoms with Gasteiger partial charge in [0, 0.05) is 18.5 Å². The SMILES string of the molecule is COC(=O)Cc1ncnc(NCc2cccc3c2CCC3(F)F)c1C1OCCO1. The first-order chi connectivity index (χ1) is 14.0. The molecule has 1 saturated heterocycles. The summed E-state index contributed by atoms with van der Waals surface area (Å²) in [6, 6.07) is 4.95. The van der Waals surface area contributed by atoms with Crippen molar-refractivity contribution < 1.29 is 27.8 Å². The molecule has 0 radical (unpaired) electrons. The lowest BCUT2D eigenvalue weighted by Crippen LogP contribution is -2.16. The van der Waals surface area contributed by atoms with Crippen LogP contribution in [0.4, 0.5) is 14.6 Å². The van der Waals surface area contributed by atoms with Gasteiger partial charge in [0.1, 0.15) is 12.1 Å². The number of nitrogens with one attached hydrogen (secondary N) is 1. The van der Waals surface area contributed by atoms with E-state index in [0.717, 1.165) is 5.56 Å². The number of ether oxygens (including phenoxy) is 3. The van der Waals surface area contributed by atoms with E-state index in [1.54, 1.807) is 6.07 Å². The van der Waals surface area contributed by atoms with Crippen LogP contribution in [0.1, 0.15) is 40.7 Å². The van der Waals surface area contributed by atoms with Crippen molar-refractivity contribution >= 4 is 11.8 Å². The smallest absolute Gasteiger partial charge is 0.311 e. The fourth-order valence-electron chi connectivity index (χ4n) is 3.73. The molecule has 1 N–H and O–H groups in total. The summed E-state index contributed by atoms with van der Waals surface area (Å²) >= 11 is 0. The van der Waals surface area contributed by atoms with Crippen molar-refractivity contribution in [3.8, 4) is 0 Å². The molecule has 1 fully saturated rings. The van der Waals surface area contributed by atoms with Gasteiger partial charge < -0.3 is 19.5 Å². The number of anilines is 1. The largest absolute Gasteiger partial charge is 0.469 e. The molecule has 1 aliphatic heterocycles. The van der Waals surface area contributed by atoms with Crippen LogP contribution in [0.25, 0.3) is 0 Å². The molecule has 0 spiro atoms. The van der Waals surface area contributed by atoms with E-state index >= 15 is 0 Å². The van der Waals surface area contributed by atoms with Crippen molar-refractivity contribution in [2.75, 3.05) is 25.6 Å². The van der Waals surface area contributed by atoms with Gasteiger partial charge in [0.05, 0.1) is 38.0 Å². The molecule has 1 aliphatic carbocycles. The lowest BCUT2D eigenvalue weighted by atomic mass is 10.0. The first-order valence-corrected chi connectivity index (χ1v) is 9.36. The van der Waals surface area contributed by atoms with Crippen LogP contribution >= 0.6 is 0 Å². The van der Waals surface area contributed by atoms with Gasteiger partial charge in [0.2, 0.25) is 0 Å². The summed E-state index contributed by atoms with van der Waals surface area (Å²) in [5.74, 6) is -2.80. The van der Waals surface area contributed by atoms with Crippen molar-refractivity contribution in [2.45, 2.75) is 38.0 Å². The number of hydrogen-bond donors (Lipinski definition) is 1. The number of carbonyl (C=O) groups excluding carboxylic acids is 1. The maximum Gasteiger partial charge on any atom is 0.311 e. The minimum absolute atomic E-state index is 0.0563. The summed E-state index contributed by atoms with van der Waals surface area (Å²) < 4.78 is 44.0. The first kappa shape index (κ1) is 19.7.